The van der Waals surface area contributed by atoms with E-state index < -0.39 is 14.5 Å². The second kappa shape index (κ2) is 7.08. The molecule has 0 aliphatic heterocycles. The molecular formula is C14H14FO4P. The fraction of sp³-hybridized carbons (Fsp3) is 0.143. The van der Waals surface area contributed by atoms with Crippen LogP contribution in [0.2, 0.25) is 0 Å². The zero-order valence-corrected chi connectivity index (χ0v) is 11.5. The van der Waals surface area contributed by atoms with Gasteiger partial charge in [-0.05, 0) is 24.3 Å². The number of hydrogen-bond donors (Lipinski definition) is 0. The molecule has 0 spiro atoms. The number of phosphoric acid groups is 1. The van der Waals surface area contributed by atoms with Crippen LogP contribution in [0.3, 0.4) is 0 Å². The molecule has 0 saturated carbocycles. The second-order valence-electron chi connectivity index (χ2n) is 3.78. The van der Waals surface area contributed by atoms with Gasteiger partial charge < -0.3 is 9.05 Å². The summed E-state index contributed by atoms with van der Waals surface area (Å²) in [6.07, 6.45) is 0. The third-order valence-corrected chi connectivity index (χ3v) is 3.62. The van der Waals surface area contributed by atoms with Crippen molar-refractivity contribution < 1.29 is 22.5 Å². The smallest absolute Gasteiger partial charge is 0.395 e. The Morgan fingerprint density at radius 1 is 0.850 bits per heavy atom. The van der Waals surface area contributed by atoms with E-state index in [2.05, 4.69) is 0 Å². The van der Waals surface area contributed by atoms with Crippen molar-refractivity contribution in [2.75, 3.05) is 13.3 Å². The van der Waals surface area contributed by atoms with Gasteiger partial charge in [-0.2, -0.15) is 0 Å². The first kappa shape index (κ1) is 14.6. The Balaban J connectivity index is 2.15. The molecule has 2 aromatic carbocycles. The number of hydrogen-bond acceptors (Lipinski definition) is 4. The number of alkyl halides is 1. The van der Waals surface area contributed by atoms with Gasteiger partial charge in [-0.1, -0.05) is 36.4 Å². The zero-order chi connectivity index (χ0) is 14.3. The standard InChI is InChI=1S/C14H14FO4P/c15-11-12-17-20(16,18-13-7-3-1-4-8-13)19-14-9-5-2-6-10-14/h1-10H,11-12H2. The summed E-state index contributed by atoms with van der Waals surface area (Å²) in [4.78, 5) is 0. The minimum atomic E-state index is -3.92. The topological polar surface area (TPSA) is 44.8 Å². The van der Waals surface area contributed by atoms with Crippen molar-refractivity contribution in [3.8, 4) is 11.5 Å². The van der Waals surface area contributed by atoms with Gasteiger partial charge in [0, 0.05) is 0 Å². The van der Waals surface area contributed by atoms with Crippen molar-refractivity contribution in [2.24, 2.45) is 0 Å². The van der Waals surface area contributed by atoms with Gasteiger partial charge in [0.15, 0.2) is 0 Å². The molecule has 0 aliphatic rings. The average molecular weight is 296 g/mol. The highest BCUT2D eigenvalue weighted by Gasteiger charge is 2.30. The highest BCUT2D eigenvalue weighted by molar-refractivity contribution is 7.49. The van der Waals surface area contributed by atoms with Crippen LogP contribution in [-0.2, 0) is 9.09 Å². The summed E-state index contributed by atoms with van der Waals surface area (Å²) in [5, 5.41) is 0. The van der Waals surface area contributed by atoms with Crippen LogP contribution in [0.5, 0.6) is 11.5 Å². The summed E-state index contributed by atoms with van der Waals surface area (Å²) in [5.41, 5.74) is 0. The summed E-state index contributed by atoms with van der Waals surface area (Å²) in [6.45, 7) is -1.14. The van der Waals surface area contributed by atoms with Gasteiger partial charge in [-0.25, -0.2) is 8.96 Å². The molecule has 0 N–H and O–H groups in total. The molecule has 0 aromatic heterocycles. The van der Waals surface area contributed by atoms with E-state index in [1.807, 2.05) is 0 Å². The average Bonchev–Trinajstić information content (AvgIpc) is 2.47. The summed E-state index contributed by atoms with van der Waals surface area (Å²) < 4.78 is 40.1. The zero-order valence-electron chi connectivity index (χ0n) is 10.6. The highest BCUT2D eigenvalue weighted by Crippen LogP contribution is 2.49. The van der Waals surface area contributed by atoms with Gasteiger partial charge in [-0.3, -0.25) is 4.52 Å². The van der Waals surface area contributed by atoms with Crippen LogP contribution in [-0.4, -0.2) is 13.3 Å². The summed E-state index contributed by atoms with van der Waals surface area (Å²) in [5.74, 6) is 0.649. The lowest BCUT2D eigenvalue weighted by Gasteiger charge is -2.18. The van der Waals surface area contributed by atoms with Crippen LogP contribution in [0.1, 0.15) is 0 Å². The number of phosphoric ester groups is 1. The number of halogens is 1. The summed E-state index contributed by atoms with van der Waals surface area (Å²) in [6, 6.07) is 16.9. The predicted octanol–water partition coefficient (Wildman–Crippen LogP) is 4.24. The lowest BCUT2D eigenvalue weighted by molar-refractivity contribution is 0.193. The summed E-state index contributed by atoms with van der Waals surface area (Å²) >= 11 is 0. The van der Waals surface area contributed by atoms with Crippen LogP contribution >= 0.6 is 7.82 Å². The number of rotatable bonds is 7. The molecule has 0 heterocycles. The normalized spacial score (nSPS) is 11.1. The predicted molar refractivity (Wildman–Crippen MR) is 73.7 cm³/mol. The SMILES string of the molecule is O=P(OCCF)(Oc1ccccc1)Oc1ccccc1. The van der Waals surface area contributed by atoms with E-state index in [-0.39, 0.29) is 6.61 Å². The van der Waals surface area contributed by atoms with E-state index in [0.717, 1.165) is 0 Å². The Morgan fingerprint density at radius 3 is 1.70 bits per heavy atom. The number of benzene rings is 2. The fourth-order valence-corrected chi connectivity index (χ4v) is 2.63. The Hall–Kier alpha value is -1.84. The molecular weight excluding hydrogens is 282 g/mol. The first-order chi connectivity index (χ1) is 9.72. The van der Waals surface area contributed by atoms with Crippen molar-refractivity contribution in [3.63, 3.8) is 0 Å². The van der Waals surface area contributed by atoms with E-state index in [1.165, 1.54) is 0 Å². The Morgan fingerprint density at radius 2 is 1.30 bits per heavy atom. The molecule has 6 heteroatoms. The molecule has 0 saturated heterocycles. The van der Waals surface area contributed by atoms with Crippen molar-refractivity contribution >= 4 is 7.82 Å². The molecule has 0 aliphatic carbocycles. The van der Waals surface area contributed by atoms with Crippen molar-refractivity contribution in [2.45, 2.75) is 0 Å². The van der Waals surface area contributed by atoms with Gasteiger partial charge in [0.05, 0.1) is 6.61 Å². The van der Waals surface area contributed by atoms with E-state index in [0.29, 0.717) is 11.5 Å². The molecule has 20 heavy (non-hydrogen) atoms. The van der Waals surface area contributed by atoms with Gasteiger partial charge in [0.1, 0.15) is 18.2 Å². The van der Waals surface area contributed by atoms with Crippen LogP contribution in [0.4, 0.5) is 4.39 Å². The Labute approximate surface area is 116 Å². The molecule has 0 fully saturated rings. The van der Waals surface area contributed by atoms with Crippen LogP contribution in [0, 0.1) is 0 Å². The highest BCUT2D eigenvalue weighted by atomic mass is 31.2. The molecule has 0 unspecified atom stereocenters. The molecule has 2 aromatic rings. The third kappa shape index (κ3) is 4.37. The van der Waals surface area contributed by atoms with E-state index in [4.69, 9.17) is 13.6 Å². The molecule has 0 atom stereocenters. The van der Waals surface area contributed by atoms with E-state index in [1.54, 1.807) is 60.7 Å². The van der Waals surface area contributed by atoms with Gasteiger partial charge in [0.2, 0.25) is 0 Å². The molecule has 106 valence electrons. The van der Waals surface area contributed by atoms with Crippen LogP contribution in [0.25, 0.3) is 0 Å². The van der Waals surface area contributed by atoms with Crippen molar-refractivity contribution in [3.05, 3.63) is 60.7 Å². The second-order valence-corrected chi connectivity index (χ2v) is 5.30. The molecule has 2 rings (SSSR count). The van der Waals surface area contributed by atoms with E-state index >= 15 is 0 Å². The molecule has 0 radical (unpaired) electrons. The fourth-order valence-electron chi connectivity index (χ4n) is 1.44. The molecule has 0 amide bonds. The van der Waals surface area contributed by atoms with Gasteiger partial charge in [-0.15, -0.1) is 0 Å². The quantitative estimate of drug-likeness (QED) is 0.717. The third-order valence-electron chi connectivity index (χ3n) is 2.25. The maximum atomic E-state index is 12.5. The lowest BCUT2D eigenvalue weighted by atomic mass is 10.3. The van der Waals surface area contributed by atoms with E-state index in [9.17, 15) is 8.96 Å². The first-order valence-corrected chi connectivity index (χ1v) is 7.48. The van der Waals surface area contributed by atoms with Gasteiger partial charge in [0.25, 0.3) is 0 Å². The maximum Gasteiger partial charge on any atom is 0.587 e. The Kier molecular flexibility index (Phi) is 5.16. The van der Waals surface area contributed by atoms with Crippen LogP contribution < -0.4 is 9.05 Å². The molecule has 0 bridgehead atoms. The Bertz CT molecular complexity index is 516. The largest absolute Gasteiger partial charge is 0.587 e. The van der Waals surface area contributed by atoms with Crippen molar-refractivity contribution in [1.82, 2.24) is 0 Å². The van der Waals surface area contributed by atoms with Crippen LogP contribution in [0.15, 0.2) is 60.7 Å². The van der Waals surface area contributed by atoms with Gasteiger partial charge >= 0.3 is 7.82 Å². The van der Waals surface area contributed by atoms with Crippen molar-refractivity contribution in [1.29, 1.82) is 0 Å². The maximum absolute atomic E-state index is 12.5. The lowest BCUT2D eigenvalue weighted by Crippen LogP contribution is -2.06. The molecule has 4 nitrogen and oxygen atoms in total. The monoisotopic (exact) mass is 296 g/mol. The number of para-hydroxylation sites is 2. The first-order valence-electron chi connectivity index (χ1n) is 6.02. The summed E-state index contributed by atoms with van der Waals surface area (Å²) in [7, 11) is -3.92. The minimum absolute atomic E-state index is 0.325. The minimum Gasteiger partial charge on any atom is -0.395 e.